The van der Waals surface area contributed by atoms with E-state index in [1.165, 1.54) is 12.1 Å². The summed E-state index contributed by atoms with van der Waals surface area (Å²) in [7, 11) is 0. The fourth-order valence-corrected chi connectivity index (χ4v) is 2.41. The molecule has 0 saturated carbocycles. The van der Waals surface area contributed by atoms with Crippen LogP contribution in [0.25, 0.3) is 10.4 Å². The van der Waals surface area contributed by atoms with Crippen molar-refractivity contribution in [3.63, 3.8) is 0 Å². The minimum atomic E-state index is -4.64. The third-order valence-electron chi connectivity index (χ3n) is 2.21. The van der Waals surface area contributed by atoms with E-state index in [0.29, 0.717) is 0 Å². The van der Waals surface area contributed by atoms with Crippen LogP contribution in [-0.4, -0.2) is 6.36 Å². The number of halogens is 3. The molecule has 1 heterocycles. The van der Waals surface area contributed by atoms with Gasteiger partial charge in [-0.2, -0.15) is 0 Å². The summed E-state index contributed by atoms with van der Waals surface area (Å²) in [6.07, 6.45) is -4.64. The predicted octanol–water partition coefficient (Wildman–Crippen LogP) is 4.62. The van der Waals surface area contributed by atoms with Crippen LogP contribution in [0.4, 0.5) is 13.2 Å². The van der Waals surface area contributed by atoms with E-state index in [9.17, 15) is 13.2 Å². The van der Waals surface area contributed by atoms with Crippen molar-refractivity contribution >= 4 is 11.3 Å². The summed E-state index contributed by atoms with van der Waals surface area (Å²) in [5, 5.41) is 1.95. The van der Waals surface area contributed by atoms with E-state index >= 15 is 0 Å². The molecule has 1 aromatic heterocycles. The van der Waals surface area contributed by atoms with E-state index in [1.807, 2.05) is 18.4 Å². The number of benzene rings is 1. The van der Waals surface area contributed by atoms with Crippen LogP contribution in [-0.2, 0) is 0 Å². The lowest BCUT2D eigenvalue weighted by Crippen LogP contribution is -2.16. The van der Waals surface area contributed by atoms with Gasteiger partial charge in [0.25, 0.3) is 0 Å². The maximum atomic E-state index is 12.0. The number of hydrogen-bond donors (Lipinski definition) is 0. The summed E-state index contributed by atoms with van der Waals surface area (Å²) in [5.74, 6) is -0.199. The van der Waals surface area contributed by atoms with Gasteiger partial charge in [-0.25, -0.2) is 0 Å². The average molecular weight is 258 g/mol. The molecule has 0 bridgehead atoms. The molecule has 5 heteroatoms. The Labute approximate surface area is 100 Å². The minimum absolute atomic E-state index is 0.199. The number of alkyl halides is 3. The zero-order valence-corrected chi connectivity index (χ0v) is 9.73. The average Bonchev–Trinajstić information content (AvgIpc) is 2.63. The van der Waals surface area contributed by atoms with Gasteiger partial charge in [-0.15, -0.1) is 24.5 Å². The Morgan fingerprint density at radius 1 is 1.06 bits per heavy atom. The van der Waals surface area contributed by atoms with E-state index in [0.717, 1.165) is 16.0 Å². The second kappa shape index (κ2) is 4.41. The van der Waals surface area contributed by atoms with Crippen molar-refractivity contribution in [3.8, 4) is 16.2 Å². The quantitative estimate of drug-likeness (QED) is 0.763. The SMILES string of the molecule is Cc1ccsc1-c1ccc(OC(F)(F)F)cc1. The molecule has 0 atom stereocenters. The summed E-state index contributed by atoms with van der Waals surface area (Å²) < 4.78 is 39.7. The molecule has 0 amide bonds. The van der Waals surface area contributed by atoms with Gasteiger partial charge >= 0.3 is 6.36 Å². The van der Waals surface area contributed by atoms with Crippen LogP contribution in [0.3, 0.4) is 0 Å². The van der Waals surface area contributed by atoms with Gasteiger partial charge in [0.2, 0.25) is 0 Å². The number of thiophene rings is 1. The van der Waals surface area contributed by atoms with Crippen LogP contribution in [0.15, 0.2) is 35.7 Å². The highest BCUT2D eigenvalue weighted by atomic mass is 32.1. The van der Waals surface area contributed by atoms with Gasteiger partial charge in [-0.05, 0) is 53.8 Å². The van der Waals surface area contributed by atoms with Crippen LogP contribution in [0.5, 0.6) is 5.75 Å². The van der Waals surface area contributed by atoms with Gasteiger partial charge in [0, 0.05) is 4.88 Å². The Morgan fingerprint density at radius 2 is 1.71 bits per heavy atom. The molecule has 0 N–H and O–H groups in total. The van der Waals surface area contributed by atoms with E-state index in [1.54, 1.807) is 23.5 Å². The second-order valence-corrected chi connectivity index (χ2v) is 4.42. The van der Waals surface area contributed by atoms with Crippen molar-refractivity contribution in [3.05, 3.63) is 41.3 Å². The molecule has 0 saturated heterocycles. The molecule has 90 valence electrons. The first-order chi connectivity index (χ1) is 7.96. The summed E-state index contributed by atoms with van der Waals surface area (Å²) in [6, 6.07) is 7.86. The molecular weight excluding hydrogens is 249 g/mol. The fraction of sp³-hybridized carbons (Fsp3) is 0.167. The van der Waals surface area contributed by atoms with Crippen molar-refractivity contribution in [1.29, 1.82) is 0 Å². The molecule has 0 aliphatic rings. The Morgan fingerprint density at radius 3 is 2.18 bits per heavy atom. The lowest BCUT2D eigenvalue weighted by atomic mass is 10.1. The van der Waals surface area contributed by atoms with Crippen molar-refractivity contribution in [2.45, 2.75) is 13.3 Å². The number of rotatable bonds is 2. The van der Waals surface area contributed by atoms with E-state index in [-0.39, 0.29) is 5.75 Å². The molecule has 0 aliphatic carbocycles. The van der Waals surface area contributed by atoms with E-state index in [2.05, 4.69) is 4.74 Å². The van der Waals surface area contributed by atoms with Crippen LogP contribution in [0, 0.1) is 6.92 Å². The number of ether oxygens (including phenoxy) is 1. The maximum absolute atomic E-state index is 12.0. The summed E-state index contributed by atoms with van der Waals surface area (Å²) in [5.41, 5.74) is 2.01. The monoisotopic (exact) mass is 258 g/mol. The number of aryl methyl sites for hydroxylation is 1. The fourth-order valence-electron chi connectivity index (χ4n) is 1.48. The molecule has 0 aliphatic heterocycles. The molecule has 0 radical (unpaired) electrons. The summed E-state index contributed by atoms with van der Waals surface area (Å²) >= 11 is 1.56. The van der Waals surface area contributed by atoms with E-state index in [4.69, 9.17) is 0 Å². The normalized spacial score (nSPS) is 11.5. The first-order valence-electron chi connectivity index (χ1n) is 4.86. The molecule has 0 spiro atoms. The smallest absolute Gasteiger partial charge is 0.406 e. The Balaban J connectivity index is 2.22. The highest BCUT2D eigenvalue weighted by Crippen LogP contribution is 2.31. The summed E-state index contributed by atoms with van der Waals surface area (Å²) in [4.78, 5) is 1.06. The van der Waals surface area contributed by atoms with Crippen LogP contribution in [0.2, 0.25) is 0 Å². The molecule has 1 aromatic carbocycles. The first-order valence-corrected chi connectivity index (χ1v) is 5.74. The van der Waals surface area contributed by atoms with Gasteiger partial charge in [0.05, 0.1) is 0 Å². The van der Waals surface area contributed by atoms with E-state index < -0.39 is 6.36 Å². The van der Waals surface area contributed by atoms with Gasteiger partial charge in [0.1, 0.15) is 5.75 Å². The number of hydrogen-bond acceptors (Lipinski definition) is 2. The Bertz CT molecular complexity index is 499. The van der Waals surface area contributed by atoms with Gasteiger partial charge in [-0.1, -0.05) is 0 Å². The highest BCUT2D eigenvalue weighted by Gasteiger charge is 2.30. The van der Waals surface area contributed by atoms with Crippen molar-refractivity contribution in [1.82, 2.24) is 0 Å². The Kier molecular flexibility index (Phi) is 3.11. The summed E-state index contributed by atoms with van der Waals surface area (Å²) in [6.45, 7) is 1.96. The van der Waals surface area contributed by atoms with Gasteiger partial charge < -0.3 is 4.74 Å². The molecular formula is C12H9F3OS. The topological polar surface area (TPSA) is 9.23 Å². The largest absolute Gasteiger partial charge is 0.573 e. The third kappa shape index (κ3) is 3.00. The van der Waals surface area contributed by atoms with Gasteiger partial charge in [0.15, 0.2) is 0 Å². The first kappa shape index (κ1) is 12.0. The molecule has 0 fully saturated rings. The lowest BCUT2D eigenvalue weighted by Gasteiger charge is -2.09. The Hall–Kier alpha value is -1.49. The molecule has 0 unspecified atom stereocenters. The van der Waals surface area contributed by atoms with Crippen LogP contribution >= 0.6 is 11.3 Å². The molecule has 2 aromatic rings. The van der Waals surface area contributed by atoms with Crippen molar-refractivity contribution in [2.75, 3.05) is 0 Å². The molecule has 17 heavy (non-hydrogen) atoms. The van der Waals surface area contributed by atoms with Crippen molar-refractivity contribution in [2.24, 2.45) is 0 Å². The second-order valence-electron chi connectivity index (χ2n) is 3.50. The predicted molar refractivity (Wildman–Crippen MR) is 61.2 cm³/mol. The van der Waals surface area contributed by atoms with Gasteiger partial charge in [-0.3, -0.25) is 0 Å². The minimum Gasteiger partial charge on any atom is -0.406 e. The van der Waals surface area contributed by atoms with Crippen LogP contribution in [0.1, 0.15) is 5.56 Å². The lowest BCUT2D eigenvalue weighted by molar-refractivity contribution is -0.274. The maximum Gasteiger partial charge on any atom is 0.573 e. The zero-order valence-electron chi connectivity index (χ0n) is 8.91. The van der Waals surface area contributed by atoms with Crippen molar-refractivity contribution < 1.29 is 17.9 Å². The standard InChI is InChI=1S/C12H9F3OS/c1-8-6-7-17-11(8)9-2-4-10(5-3-9)16-12(13,14)15/h2-7H,1H3. The zero-order chi connectivity index (χ0) is 12.5. The third-order valence-corrected chi connectivity index (χ3v) is 3.28. The molecule has 2 rings (SSSR count). The van der Waals surface area contributed by atoms with Crippen LogP contribution < -0.4 is 4.74 Å². The molecule has 1 nitrogen and oxygen atoms in total. The highest BCUT2D eigenvalue weighted by molar-refractivity contribution is 7.13.